The number of halogens is 3. The summed E-state index contributed by atoms with van der Waals surface area (Å²) in [6.07, 6.45) is 0.320. The number of hydrogen-bond acceptors (Lipinski definition) is 2. The molecule has 2 rings (SSSR count). The van der Waals surface area contributed by atoms with E-state index in [2.05, 4.69) is 52.9 Å². The van der Waals surface area contributed by atoms with Crippen LogP contribution in [0.4, 0.5) is 0 Å². The second-order valence-corrected chi connectivity index (χ2v) is 6.85. The number of hydrogen-bond donors (Lipinski definition) is 0. The van der Waals surface area contributed by atoms with Crippen molar-refractivity contribution in [3.05, 3.63) is 48.6 Å². The monoisotopic (exact) mass is 448 g/mol. The fraction of sp³-hybridized carbons (Fsp3) is 0.231. The predicted octanol–water partition coefficient (Wildman–Crippen LogP) is 4.44. The van der Waals surface area contributed by atoms with Crippen LogP contribution in [0.2, 0.25) is 0 Å². The zero-order valence-corrected chi connectivity index (χ0v) is 15.1. The number of carbonyl (C=O) groups is 1. The molecule has 1 aromatic carbocycles. The van der Waals surface area contributed by atoms with E-state index in [1.165, 1.54) is 0 Å². The Labute approximate surface area is 136 Å². The van der Waals surface area contributed by atoms with Crippen LogP contribution in [0.15, 0.2) is 31.6 Å². The van der Waals surface area contributed by atoms with Crippen LogP contribution >= 0.6 is 47.8 Å². The summed E-state index contributed by atoms with van der Waals surface area (Å²) in [5, 5.41) is 4.29. The van der Waals surface area contributed by atoms with Gasteiger partial charge in [0.15, 0.2) is 5.78 Å². The molecule has 0 aliphatic rings. The highest BCUT2D eigenvalue weighted by atomic mass is 79.9. The van der Waals surface area contributed by atoms with Gasteiger partial charge >= 0.3 is 0 Å². The van der Waals surface area contributed by atoms with Gasteiger partial charge < -0.3 is 0 Å². The van der Waals surface area contributed by atoms with Gasteiger partial charge in [0.05, 0.1) is 22.3 Å². The maximum absolute atomic E-state index is 12.3. The lowest BCUT2D eigenvalue weighted by molar-refractivity contribution is 0.0990. The first-order chi connectivity index (χ1) is 8.88. The van der Waals surface area contributed by atoms with E-state index in [0.717, 1.165) is 24.8 Å². The highest BCUT2D eigenvalue weighted by Crippen LogP contribution is 2.24. The van der Waals surface area contributed by atoms with E-state index < -0.39 is 0 Å². The third-order valence-corrected chi connectivity index (χ3v) is 4.72. The van der Waals surface area contributed by atoms with Gasteiger partial charge in [0.1, 0.15) is 0 Å². The van der Waals surface area contributed by atoms with Crippen molar-refractivity contribution >= 4 is 53.6 Å². The average molecular weight is 451 g/mol. The molecule has 0 atom stereocenters. The molecule has 0 spiro atoms. The third kappa shape index (κ3) is 3.35. The fourth-order valence-electron chi connectivity index (χ4n) is 1.84. The second-order valence-electron chi connectivity index (χ2n) is 4.23. The SMILES string of the molecule is Cc1nn(C)c(CC(=O)c2cc(Br)cc(Br)c2)c1Br. The Kier molecular flexibility index (Phi) is 4.63. The Balaban J connectivity index is 2.30. The first-order valence-electron chi connectivity index (χ1n) is 5.55. The van der Waals surface area contributed by atoms with Crippen molar-refractivity contribution in [2.45, 2.75) is 13.3 Å². The van der Waals surface area contributed by atoms with Crippen LogP contribution < -0.4 is 0 Å². The molecule has 0 unspecified atom stereocenters. The molecule has 0 radical (unpaired) electrons. The third-order valence-electron chi connectivity index (χ3n) is 2.77. The summed E-state index contributed by atoms with van der Waals surface area (Å²) in [7, 11) is 1.84. The molecule has 19 heavy (non-hydrogen) atoms. The van der Waals surface area contributed by atoms with Crippen molar-refractivity contribution in [1.82, 2.24) is 9.78 Å². The van der Waals surface area contributed by atoms with Gasteiger partial charge in [-0.1, -0.05) is 31.9 Å². The van der Waals surface area contributed by atoms with E-state index in [9.17, 15) is 4.79 Å². The molecule has 3 nitrogen and oxygen atoms in total. The summed E-state index contributed by atoms with van der Waals surface area (Å²) in [5.41, 5.74) is 2.45. The van der Waals surface area contributed by atoms with Crippen molar-refractivity contribution in [3.63, 3.8) is 0 Å². The van der Waals surface area contributed by atoms with Crippen molar-refractivity contribution in [1.29, 1.82) is 0 Å². The molecule has 0 N–H and O–H groups in total. The van der Waals surface area contributed by atoms with E-state index >= 15 is 0 Å². The maximum Gasteiger partial charge on any atom is 0.168 e. The molecular formula is C13H11Br3N2O. The lowest BCUT2D eigenvalue weighted by atomic mass is 10.1. The van der Waals surface area contributed by atoms with E-state index in [1.807, 2.05) is 32.2 Å². The maximum atomic E-state index is 12.3. The van der Waals surface area contributed by atoms with Crippen LogP contribution in [-0.2, 0) is 13.5 Å². The van der Waals surface area contributed by atoms with Crippen LogP contribution in [0.25, 0.3) is 0 Å². The van der Waals surface area contributed by atoms with Crippen LogP contribution in [0, 0.1) is 6.92 Å². The quantitative estimate of drug-likeness (QED) is 0.648. The summed E-state index contributed by atoms with van der Waals surface area (Å²) in [5.74, 6) is 0.0608. The Bertz CT molecular complexity index is 629. The largest absolute Gasteiger partial charge is 0.294 e. The zero-order valence-electron chi connectivity index (χ0n) is 10.4. The Morgan fingerprint density at radius 1 is 1.21 bits per heavy atom. The molecule has 1 heterocycles. The molecule has 0 saturated carbocycles. The van der Waals surface area contributed by atoms with E-state index in [4.69, 9.17) is 0 Å². The van der Waals surface area contributed by atoms with Gasteiger partial charge in [-0.05, 0) is 41.1 Å². The topological polar surface area (TPSA) is 34.9 Å². The van der Waals surface area contributed by atoms with Crippen LogP contribution in [0.3, 0.4) is 0 Å². The van der Waals surface area contributed by atoms with E-state index in [0.29, 0.717) is 12.0 Å². The van der Waals surface area contributed by atoms with Gasteiger partial charge in [-0.25, -0.2) is 0 Å². The molecule has 100 valence electrons. The minimum atomic E-state index is 0.0608. The second kappa shape index (κ2) is 5.89. The summed E-state index contributed by atoms with van der Waals surface area (Å²) >= 11 is 10.3. The minimum absolute atomic E-state index is 0.0608. The first kappa shape index (κ1) is 14.9. The van der Waals surface area contributed by atoms with Crippen LogP contribution in [-0.4, -0.2) is 15.6 Å². The summed E-state index contributed by atoms with van der Waals surface area (Å²) in [6, 6.07) is 5.55. The van der Waals surface area contributed by atoms with Gasteiger partial charge in [-0.15, -0.1) is 0 Å². The molecule has 6 heteroatoms. The molecule has 0 fully saturated rings. The average Bonchev–Trinajstić information content (AvgIpc) is 2.54. The normalized spacial score (nSPS) is 10.8. The first-order valence-corrected chi connectivity index (χ1v) is 7.93. The fourth-order valence-corrected chi connectivity index (χ4v) is 3.61. The molecule has 0 bridgehead atoms. The highest BCUT2D eigenvalue weighted by molar-refractivity contribution is 9.11. The number of carbonyl (C=O) groups excluding carboxylic acids is 1. The lowest BCUT2D eigenvalue weighted by Crippen LogP contribution is -2.08. The molecule has 0 saturated heterocycles. The minimum Gasteiger partial charge on any atom is -0.294 e. The van der Waals surface area contributed by atoms with Crippen molar-refractivity contribution < 1.29 is 4.79 Å². The van der Waals surface area contributed by atoms with Gasteiger partial charge in [-0.3, -0.25) is 9.48 Å². The standard InChI is InChI=1S/C13H11Br3N2O/c1-7-13(16)11(18(2)17-7)6-12(19)8-3-9(14)5-10(15)4-8/h3-5H,6H2,1-2H3. The van der Waals surface area contributed by atoms with Crippen LogP contribution in [0.5, 0.6) is 0 Å². The van der Waals surface area contributed by atoms with E-state index in [-0.39, 0.29) is 5.78 Å². The molecule has 0 amide bonds. The number of Topliss-reactive ketones (excluding diaryl/α,β-unsaturated/α-hetero) is 1. The predicted molar refractivity (Wildman–Crippen MR) is 85.5 cm³/mol. The summed E-state index contributed by atoms with van der Waals surface area (Å²) in [4.78, 5) is 12.3. The number of rotatable bonds is 3. The van der Waals surface area contributed by atoms with Crippen molar-refractivity contribution in [2.24, 2.45) is 7.05 Å². The van der Waals surface area contributed by atoms with Crippen LogP contribution in [0.1, 0.15) is 21.7 Å². The Morgan fingerprint density at radius 2 is 1.79 bits per heavy atom. The number of benzene rings is 1. The van der Waals surface area contributed by atoms with E-state index in [1.54, 1.807) is 4.68 Å². The Morgan fingerprint density at radius 3 is 2.26 bits per heavy atom. The summed E-state index contributed by atoms with van der Waals surface area (Å²) < 4.78 is 4.40. The number of nitrogens with zero attached hydrogens (tertiary/aromatic N) is 2. The molecule has 0 aliphatic carbocycles. The van der Waals surface area contributed by atoms with Crippen molar-refractivity contribution in [3.8, 4) is 0 Å². The smallest absolute Gasteiger partial charge is 0.168 e. The molecular weight excluding hydrogens is 440 g/mol. The number of aryl methyl sites for hydroxylation is 2. The zero-order chi connectivity index (χ0) is 14.2. The molecule has 0 aliphatic heterocycles. The van der Waals surface area contributed by atoms with Crippen molar-refractivity contribution in [2.75, 3.05) is 0 Å². The summed E-state index contributed by atoms with van der Waals surface area (Å²) in [6.45, 7) is 1.91. The van der Waals surface area contributed by atoms with Gasteiger partial charge in [0, 0.05) is 21.6 Å². The van der Waals surface area contributed by atoms with Gasteiger partial charge in [0.2, 0.25) is 0 Å². The Hall–Kier alpha value is -0.460. The van der Waals surface area contributed by atoms with Gasteiger partial charge in [0.25, 0.3) is 0 Å². The molecule has 2 aromatic rings. The lowest BCUT2D eigenvalue weighted by Gasteiger charge is -2.04. The number of ketones is 1. The molecule has 1 aromatic heterocycles. The van der Waals surface area contributed by atoms with Gasteiger partial charge in [-0.2, -0.15) is 5.10 Å². The number of aromatic nitrogens is 2. The highest BCUT2D eigenvalue weighted by Gasteiger charge is 2.16.